The van der Waals surface area contributed by atoms with Gasteiger partial charge in [-0.2, -0.15) is 5.10 Å². The number of likely N-dealkylation sites (N-methyl/N-ethyl adjacent to an activating group) is 2. The Kier molecular flexibility index (Phi) is 14.9. The molecule has 5 aromatic heterocycles. The Labute approximate surface area is 410 Å². The second-order valence-electron chi connectivity index (χ2n) is 18.8. The summed E-state index contributed by atoms with van der Waals surface area (Å²) in [6.45, 7) is 4.50. The molecule has 1 unspecified atom stereocenters. The summed E-state index contributed by atoms with van der Waals surface area (Å²) in [4.78, 5) is 103. The van der Waals surface area contributed by atoms with E-state index in [-0.39, 0.29) is 48.4 Å². The third-order valence-corrected chi connectivity index (χ3v) is 15.1. The third-order valence-electron chi connectivity index (χ3n) is 14.1. The zero-order chi connectivity index (χ0) is 49.8. The maximum atomic E-state index is 14.5. The van der Waals surface area contributed by atoms with E-state index in [1.165, 1.54) is 21.1 Å². The molecule has 70 heavy (non-hydrogen) atoms. The molecule has 5 aromatic rings. The summed E-state index contributed by atoms with van der Waals surface area (Å²) in [5.74, 6) is -2.10. The number of pyridine rings is 2. The van der Waals surface area contributed by atoms with Gasteiger partial charge in [-0.25, -0.2) is 24.5 Å². The second kappa shape index (κ2) is 21.2. The van der Waals surface area contributed by atoms with E-state index in [0.717, 1.165) is 52.3 Å². The minimum Gasteiger partial charge on any atom is -0.384 e. The number of aromatic nitrogens is 6. The molecule has 0 bridgehead atoms. The zero-order valence-electron chi connectivity index (χ0n) is 40.2. The van der Waals surface area contributed by atoms with Crippen LogP contribution in [0.5, 0.6) is 0 Å². The molecule has 21 heteroatoms. The van der Waals surface area contributed by atoms with Gasteiger partial charge in [0, 0.05) is 69.5 Å². The molecular weight excluding hydrogens is 913 g/mol. The van der Waals surface area contributed by atoms with Gasteiger partial charge in [-0.15, -0.1) is 11.3 Å². The predicted octanol–water partition coefficient (Wildman–Crippen LogP) is 4.94. The summed E-state index contributed by atoms with van der Waals surface area (Å²) in [7, 11) is 4.91. The number of thiophene rings is 1. The average molecular weight is 975 g/mol. The number of nitrogens with one attached hydrogen (secondary N) is 2. The third kappa shape index (κ3) is 10.4. The molecule has 0 radical (unpaired) electrons. The Bertz CT molecular complexity index is 2700. The Balaban J connectivity index is 0.961. The molecule has 3 aliphatic rings. The Hall–Kier alpha value is -7.16. The van der Waals surface area contributed by atoms with Crippen LogP contribution in [-0.2, 0) is 45.6 Å². The second-order valence-corrected chi connectivity index (χ2v) is 19.8. The van der Waals surface area contributed by atoms with Crippen LogP contribution in [0.3, 0.4) is 0 Å². The van der Waals surface area contributed by atoms with Crippen molar-refractivity contribution in [2.75, 3.05) is 35.4 Å². The Morgan fingerprint density at radius 1 is 0.814 bits per heavy atom. The number of amides is 8. The van der Waals surface area contributed by atoms with Crippen LogP contribution in [0.2, 0.25) is 0 Å². The van der Waals surface area contributed by atoms with Crippen molar-refractivity contribution in [1.82, 2.24) is 49.7 Å². The highest BCUT2D eigenvalue weighted by Gasteiger charge is 2.57. The molecule has 0 aromatic carbocycles. The molecule has 8 amide bonds. The van der Waals surface area contributed by atoms with E-state index in [2.05, 4.69) is 37.6 Å². The van der Waals surface area contributed by atoms with Crippen molar-refractivity contribution in [2.24, 2.45) is 30.7 Å². The fourth-order valence-corrected chi connectivity index (χ4v) is 11.0. The number of imide groups is 2. The van der Waals surface area contributed by atoms with Crippen LogP contribution in [0.25, 0.3) is 0 Å². The monoisotopic (exact) mass is 974 g/mol. The van der Waals surface area contributed by atoms with Crippen LogP contribution < -0.4 is 31.9 Å². The van der Waals surface area contributed by atoms with Crippen molar-refractivity contribution in [2.45, 2.75) is 102 Å². The van der Waals surface area contributed by atoms with Crippen molar-refractivity contribution in [3.8, 4) is 0 Å². The molecule has 20 nitrogen and oxygen atoms in total. The summed E-state index contributed by atoms with van der Waals surface area (Å²) >= 11 is 1.50. The fourth-order valence-electron chi connectivity index (χ4n) is 10.2. The van der Waals surface area contributed by atoms with E-state index in [1.54, 1.807) is 87.3 Å². The number of aryl methyl sites for hydroxylation is 2. The number of anilines is 4. The van der Waals surface area contributed by atoms with Crippen LogP contribution in [0.1, 0.15) is 80.8 Å². The predicted molar refractivity (Wildman–Crippen MR) is 264 cm³/mol. The zero-order valence-corrected chi connectivity index (χ0v) is 41.0. The number of nitrogen functional groups attached to an aromatic ring is 2. The summed E-state index contributed by atoms with van der Waals surface area (Å²) in [5.41, 5.74) is 13.3. The van der Waals surface area contributed by atoms with Crippen molar-refractivity contribution >= 4 is 70.3 Å². The van der Waals surface area contributed by atoms with Crippen molar-refractivity contribution in [3.63, 3.8) is 0 Å². The molecule has 370 valence electrons. The SMILES string of the molecule is CC[C@@H](NC(=O)N1C(=O)[C@H](Cc2ccnc(N)c2)[C@H]1C(=O)N(C)c1cn(CCC(C)[C@@H](NC(=O)N2C(=O)[C@H](Cc3ccnc(N)c3)[C@H]2C(=O)N(C)c2ccn(C)n2)C2CCCCC2)cn1)c1cccs1. The Morgan fingerprint density at radius 3 is 1.93 bits per heavy atom. The summed E-state index contributed by atoms with van der Waals surface area (Å²) in [6.07, 6.45) is 14.7. The van der Waals surface area contributed by atoms with Gasteiger partial charge >= 0.3 is 12.1 Å². The number of carbonyl (C=O) groups is 6. The lowest BCUT2D eigenvalue weighted by atomic mass is 9.78. The van der Waals surface area contributed by atoms with Crippen LogP contribution >= 0.6 is 11.3 Å². The molecule has 1 saturated carbocycles. The van der Waals surface area contributed by atoms with E-state index >= 15 is 0 Å². The normalized spacial score (nSPS) is 20.5. The first-order valence-corrected chi connectivity index (χ1v) is 24.8. The van der Waals surface area contributed by atoms with Gasteiger partial charge < -0.3 is 26.7 Å². The molecule has 1 aliphatic carbocycles. The quantitative estimate of drug-likeness (QED) is 0.0905. The molecule has 7 heterocycles. The van der Waals surface area contributed by atoms with E-state index in [1.807, 2.05) is 29.0 Å². The maximum Gasteiger partial charge on any atom is 0.325 e. The summed E-state index contributed by atoms with van der Waals surface area (Å²) in [6, 6.07) is 8.22. The first-order valence-electron chi connectivity index (χ1n) is 23.9. The number of nitrogens with zero attached hydrogens (tertiary/aromatic N) is 10. The number of carbonyl (C=O) groups excluding carboxylic acids is 6. The molecule has 0 spiro atoms. The molecule has 8 rings (SSSR count). The van der Waals surface area contributed by atoms with Crippen molar-refractivity contribution < 1.29 is 28.8 Å². The average Bonchev–Trinajstić information content (AvgIpc) is 4.16. The van der Waals surface area contributed by atoms with Crippen LogP contribution in [0.15, 0.2) is 79.0 Å². The van der Waals surface area contributed by atoms with E-state index in [9.17, 15) is 28.8 Å². The van der Waals surface area contributed by atoms with Gasteiger partial charge in [0.2, 0.25) is 11.8 Å². The van der Waals surface area contributed by atoms with E-state index in [4.69, 9.17) is 11.5 Å². The molecule has 6 N–H and O–H groups in total. The lowest BCUT2D eigenvalue weighted by molar-refractivity contribution is -0.156. The lowest BCUT2D eigenvalue weighted by Gasteiger charge is -2.46. The van der Waals surface area contributed by atoms with Crippen molar-refractivity contribution in [1.29, 1.82) is 0 Å². The number of likely N-dealkylation sites (tertiary alicyclic amines) is 2. The van der Waals surface area contributed by atoms with Crippen LogP contribution in [0.4, 0.5) is 32.9 Å². The molecular formula is C49H62N14O6S. The van der Waals surface area contributed by atoms with Gasteiger partial charge in [0.1, 0.15) is 23.7 Å². The topological polar surface area (TPSA) is 253 Å². The van der Waals surface area contributed by atoms with E-state index < -0.39 is 59.6 Å². The molecule has 2 aliphatic heterocycles. The first-order chi connectivity index (χ1) is 33.6. The number of hydrogen-bond donors (Lipinski definition) is 4. The molecule has 2 saturated heterocycles. The fraction of sp³-hybridized carbons (Fsp3) is 0.469. The number of β-lactam (4-membered cyclic amide) rings is 2. The van der Waals surface area contributed by atoms with Gasteiger partial charge in [-0.05, 0) is 97.2 Å². The highest BCUT2D eigenvalue weighted by atomic mass is 32.1. The number of urea groups is 2. The molecule has 7 atom stereocenters. The highest BCUT2D eigenvalue weighted by Crippen LogP contribution is 2.37. The van der Waals surface area contributed by atoms with Crippen LogP contribution in [-0.4, -0.2) is 107 Å². The standard InChI is InChI=1S/C49H62N14O6S/c1-6-35(36-13-10-22-70-36)55-48(68)62-43(34(44(62)64)24-31-15-19-53-38(51)26-31)47(67)60(5)40-27-61(28-54-40)21-16-29(2)41(32-11-8-7-9-12-32)56-49(69)63-42(46(66)59(4)39-17-20-58(3)57-39)33(45(63)65)23-30-14-18-52-37(50)25-30/h10,13-15,17-20,22,25-29,32-35,41-43H,6-9,11-12,16,21,23-24H2,1-5H3,(H2,50,52)(H2,51,53)(H,55,68)(H,56,69)/t29?,33-,34-,35-,41-,42+,43+/m1/s1. The van der Waals surface area contributed by atoms with Gasteiger partial charge in [0.25, 0.3) is 11.8 Å². The number of nitrogens with two attached hydrogens (primary N) is 2. The largest absolute Gasteiger partial charge is 0.384 e. The highest BCUT2D eigenvalue weighted by molar-refractivity contribution is 7.10. The lowest BCUT2D eigenvalue weighted by Crippen LogP contribution is -2.71. The summed E-state index contributed by atoms with van der Waals surface area (Å²) in [5, 5.41) is 12.5. The van der Waals surface area contributed by atoms with Gasteiger partial charge in [-0.3, -0.25) is 43.5 Å². The smallest absolute Gasteiger partial charge is 0.325 e. The van der Waals surface area contributed by atoms with Crippen molar-refractivity contribution in [3.05, 3.63) is 95.0 Å². The van der Waals surface area contributed by atoms with Crippen LogP contribution in [0, 0.1) is 23.7 Å². The number of imidazole rings is 1. The van der Waals surface area contributed by atoms with Gasteiger partial charge in [-0.1, -0.05) is 39.2 Å². The maximum absolute atomic E-state index is 14.5. The number of rotatable bonds is 17. The molecule has 3 fully saturated rings. The minimum atomic E-state index is -1.11. The van der Waals surface area contributed by atoms with Gasteiger partial charge in [0.05, 0.1) is 24.2 Å². The van der Waals surface area contributed by atoms with Gasteiger partial charge in [0.15, 0.2) is 11.6 Å². The van der Waals surface area contributed by atoms with E-state index in [0.29, 0.717) is 36.6 Å². The summed E-state index contributed by atoms with van der Waals surface area (Å²) < 4.78 is 3.44. The number of hydrogen-bond acceptors (Lipinski definition) is 13. The minimum absolute atomic E-state index is 0.0771. The Morgan fingerprint density at radius 2 is 1.40 bits per heavy atom. The first kappa shape index (κ1) is 49.3.